The van der Waals surface area contributed by atoms with Crippen LogP contribution in [0.2, 0.25) is 0 Å². The summed E-state index contributed by atoms with van der Waals surface area (Å²) in [6.07, 6.45) is 2.82. The van der Waals surface area contributed by atoms with Crippen molar-refractivity contribution in [1.29, 1.82) is 5.26 Å². The SMILES string of the molecule is N#CCCN/C=C/C(=O)C(Cl)(Cl)Cl. The monoisotopic (exact) mass is 240 g/mol. The van der Waals surface area contributed by atoms with Gasteiger partial charge in [0.25, 0.3) is 3.79 Å². The van der Waals surface area contributed by atoms with E-state index in [9.17, 15) is 4.79 Å². The molecule has 3 nitrogen and oxygen atoms in total. The fourth-order valence-corrected chi connectivity index (χ4v) is 0.629. The van der Waals surface area contributed by atoms with Crippen molar-refractivity contribution < 1.29 is 4.79 Å². The van der Waals surface area contributed by atoms with Crippen molar-refractivity contribution in [3.63, 3.8) is 0 Å². The van der Waals surface area contributed by atoms with Crippen LogP contribution >= 0.6 is 34.8 Å². The summed E-state index contributed by atoms with van der Waals surface area (Å²) in [5, 5.41) is 10.8. The van der Waals surface area contributed by atoms with E-state index in [0.717, 1.165) is 6.08 Å². The summed E-state index contributed by atoms with van der Waals surface area (Å²) in [6, 6.07) is 1.93. The fraction of sp³-hybridized carbons (Fsp3) is 0.429. The number of hydrogen-bond donors (Lipinski definition) is 1. The molecule has 13 heavy (non-hydrogen) atoms. The molecule has 0 saturated carbocycles. The lowest BCUT2D eigenvalue weighted by atomic mass is 10.4. The highest BCUT2D eigenvalue weighted by Crippen LogP contribution is 2.27. The van der Waals surface area contributed by atoms with Gasteiger partial charge in [-0.1, -0.05) is 34.8 Å². The van der Waals surface area contributed by atoms with Crippen molar-refractivity contribution in [2.45, 2.75) is 10.2 Å². The van der Waals surface area contributed by atoms with E-state index in [-0.39, 0.29) is 0 Å². The first-order valence-electron chi connectivity index (χ1n) is 3.36. The number of hydrogen-bond acceptors (Lipinski definition) is 3. The first-order valence-corrected chi connectivity index (χ1v) is 4.50. The first kappa shape index (κ1) is 12.6. The van der Waals surface area contributed by atoms with Crippen LogP contribution in [0.1, 0.15) is 6.42 Å². The van der Waals surface area contributed by atoms with Crippen LogP contribution < -0.4 is 5.32 Å². The van der Waals surface area contributed by atoms with Gasteiger partial charge < -0.3 is 5.32 Å². The highest BCUT2D eigenvalue weighted by atomic mass is 35.6. The molecule has 0 heterocycles. The minimum absolute atomic E-state index is 0.353. The van der Waals surface area contributed by atoms with Gasteiger partial charge in [0.15, 0.2) is 0 Å². The Hall–Kier alpha value is -0.430. The maximum absolute atomic E-state index is 10.9. The molecule has 0 rings (SSSR count). The summed E-state index contributed by atoms with van der Waals surface area (Å²) in [4.78, 5) is 10.9. The maximum Gasteiger partial charge on any atom is 0.252 e. The molecule has 0 amide bonds. The lowest BCUT2D eigenvalue weighted by Crippen LogP contribution is -2.17. The number of carbonyl (C=O) groups excluding carboxylic acids is 1. The molecule has 0 radical (unpaired) electrons. The highest BCUT2D eigenvalue weighted by Gasteiger charge is 2.27. The Balaban J connectivity index is 3.75. The van der Waals surface area contributed by atoms with Crippen molar-refractivity contribution in [2.75, 3.05) is 6.54 Å². The number of carbonyl (C=O) groups is 1. The lowest BCUT2D eigenvalue weighted by molar-refractivity contribution is -0.113. The molecule has 0 aliphatic rings. The van der Waals surface area contributed by atoms with Crippen molar-refractivity contribution >= 4 is 40.6 Å². The van der Waals surface area contributed by atoms with Gasteiger partial charge >= 0.3 is 0 Å². The molecule has 0 unspecified atom stereocenters. The van der Waals surface area contributed by atoms with Gasteiger partial charge in [0.1, 0.15) is 0 Å². The van der Waals surface area contributed by atoms with E-state index in [2.05, 4.69) is 5.32 Å². The largest absolute Gasteiger partial charge is 0.390 e. The molecule has 0 aromatic carbocycles. The summed E-state index contributed by atoms with van der Waals surface area (Å²) in [7, 11) is 0. The van der Waals surface area contributed by atoms with Gasteiger partial charge in [0, 0.05) is 18.8 Å². The van der Waals surface area contributed by atoms with E-state index in [1.807, 2.05) is 6.07 Å². The Morgan fingerprint density at radius 2 is 2.15 bits per heavy atom. The smallest absolute Gasteiger partial charge is 0.252 e. The number of nitriles is 1. The molecule has 0 spiro atoms. The maximum atomic E-state index is 10.9. The number of allylic oxidation sites excluding steroid dienone is 1. The number of ketones is 1. The molecule has 0 saturated heterocycles. The van der Waals surface area contributed by atoms with Gasteiger partial charge in [0.2, 0.25) is 5.78 Å². The van der Waals surface area contributed by atoms with E-state index >= 15 is 0 Å². The summed E-state index contributed by atoms with van der Waals surface area (Å²) >= 11 is 15.8. The molecular formula is C7H7Cl3N2O. The van der Waals surface area contributed by atoms with Crippen LogP contribution in [-0.2, 0) is 4.79 Å². The topological polar surface area (TPSA) is 52.9 Å². The van der Waals surface area contributed by atoms with Gasteiger partial charge in [-0.2, -0.15) is 5.26 Å². The third-order valence-corrected chi connectivity index (χ3v) is 1.57. The molecule has 0 aliphatic heterocycles. The van der Waals surface area contributed by atoms with E-state index < -0.39 is 9.58 Å². The number of rotatable bonds is 4. The lowest BCUT2D eigenvalue weighted by Gasteiger charge is -2.04. The Morgan fingerprint density at radius 1 is 1.54 bits per heavy atom. The Labute approximate surface area is 91.3 Å². The van der Waals surface area contributed by atoms with Crippen LogP contribution in [0, 0.1) is 11.3 Å². The van der Waals surface area contributed by atoms with Crippen LogP contribution in [-0.4, -0.2) is 16.1 Å². The summed E-state index contributed by atoms with van der Waals surface area (Å²) in [5.74, 6) is -0.623. The molecule has 0 aliphatic carbocycles. The van der Waals surface area contributed by atoms with Crippen LogP contribution in [0.5, 0.6) is 0 Å². The van der Waals surface area contributed by atoms with Crippen molar-refractivity contribution in [3.05, 3.63) is 12.3 Å². The molecule has 0 fully saturated rings. The zero-order valence-corrected chi connectivity index (χ0v) is 8.83. The summed E-state index contributed by atoms with van der Waals surface area (Å²) < 4.78 is -1.91. The molecule has 0 aromatic heterocycles. The van der Waals surface area contributed by atoms with Gasteiger partial charge in [0.05, 0.1) is 12.5 Å². The van der Waals surface area contributed by atoms with Crippen LogP contribution in [0.25, 0.3) is 0 Å². The average Bonchev–Trinajstić information content (AvgIpc) is 2.02. The number of halogens is 3. The molecule has 72 valence electrons. The van der Waals surface area contributed by atoms with E-state index in [4.69, 9.17) is 40.1 Å². The standard InChI is InChI=1S/C7H7Cl3N2O/c8-7(9,10)6(13)2-5-12-4-1-3-11/h2,5,12H,1,4H2/b5-2+. The summed E-state index contributed by atoms with van der Waals surface area (Å²) in [5.41, 5.74) is 0. The first-order chi connectivity index (χ1) is 5.98. The predicted octanol–water partition coefficient (Wildman–Crippen LogP) is 1.94. The minimum Gasteiger partial charge on any atom is -0.390 e. The second-order valence-electron chi connectivity index (χ2n) is 2.06. The Morgan fingerprint density at radius 3 is 2.62 bits per heavy atom. The fourth-order valence-electron chi connectivity index (χ4n) is 0.441. The number of alkyl halides is 3. The van der Waals surface area contributed by atoms with Crippen LogP contribution in [0.4, 0.5) is 0 Å². The molecule has 0 aromatic rings. The van der Waals surface area contributed by atoms with E-state index in [1.165, 1.54) is 6.20 Å². The van der Waals surface area contributed by atoms with E-state index in [1.54, 1.807) is 0 Å². The second-order valence-corrected chi connectivity index (χ2v) is 4.34. The van der Waals surface area contributed by atoms with Crippen LogP contribution in [0.15, 0.2) is 12.3 Å². The van der Waals surface area contributed by atoms with Crippen LogP contribution in [0.3, 0.4) is 0 Å². The van der Waals surface area contributed by atoms with Crippen molar-refractivity contribution in [1.82, 2.24) is 5.32 Å². The van der Waals surface area contributed by atoms with Crippen molar-refractivity contribution in [2.24, 2.45) is 0 Å². The quantitative estimate of drug-likeness (QED) is 0.465. The van der Waals surface area contributed by atoms with Gasteiger partial charge in [-0.25, -0.2) is 0 Å². The Bertz CT molecular complexity index is 239. The van der Waals surface area contributed by atoms with Gasteiger partial charge in [-0.15, -0.1) is 0 Å². The predicted molar refractivity (Wildman–Crippen MR) is 52.7 cm³/mol. The summed E-state index contributed by atoms with van der Waals surface area (Å²) in [6.45, 7) is 0.458. The van der Waals surface area contributed by atoms with Gasteiger partial charge in [-0.05, 0) is 0 Å². The molecule has 1 N–H and O–H groups in total. The number of nitrogens with one attached hydrogen (secondary N) is 1. The molecule has 6 heteroatoms. The zero-order valence-electron chi connectivity index (χ0n) is 6.56. The normalized spacial score (nSPS) is 11.2. The third kappa shape index (κ3) is 6.71. The zero-order chi connectivity index (χ0) is 10.3. The van der Waals surface area contributed by atoms with E-state index in [0.29, 0.717) is 13.0 Å². The van der Waals surface area contributed by atoms with Gasteiger partial charge in [-0.3, -0.25) is 4.79 Å². The molecule has 0 atom stereocenters. The number of nitrogens with zero attached hydrogens (tertiary/aromatic N) is 1. The molecule has 0 bridgehead atoms. The van der Waals surface area contributed by atoms with Crippen molar-refractivity contribution in [3.8, 4) is 6.07 Å². The molecular weight excluding hydrogens is 234 g/mol. The second kappa shape index (κ2) is 6.09. The minimum atomic E-state index is -1.91. The third-order valence-electron chi connectivity index (χ3n) is 1.01. The Kier molecular flexibility index (Phi) is 5.89. The highest BCUT2D eigenvalue weighted by molar-refractivity contribution is 6.77. The average molecular weight is 242 g/mol.